The van der Waals surface area contributed by atoms with Crippen LogP contribution in [0.5, 0.6) is 5.75 Å². The molecule has 0 saturated heterocycles. The molecule has 0 aliphatic carbocycles. The molecule has 1 unspecified atom stereocenters. The molecule has 3 N–H and O–H groups in total. The number of rotatable bonds is 10. The Morgan fingerprint density at radius 2 is 2.09 bits per heavy atom. The fourth-order valence-electron chi connectivity index (χ4n) is 3.30. The number of esters is 1. The van der Waals surface area contributed by atoms with E-state index in [1.807, 2.05) is 0 Å². The largest absolute Gasteiger partial charge is 0.465 e. The monoisotopic (exact) mass is 506 g/mol. The number of benzene rings is 1. The van der Waals surface area contributed by atoms with Crippen molar-refractivity contribution in [3.63, 3.8) is 0 Å². The van der Waals surface area contributed by atoms with Gasteiger partial charge in [0.05, 0.1) is 12.9 Å². The van der Waals surface area contributed by atoms with E-state index in [9.17, 15) is 13.8 Å². The summed E-state index contributed by atoms with van der Waals surface area (Å²) in [6.45, 7) is 3.30. The van der Waals surface area contributed by atoms with Gasteiger partial charge in [-0.25, -0.2) is 24.4 Å². The minimum Gasteiger partial charge on any atom is -0.465 e. The summed E-state index contributed by atoms with van der Waals surface area (Å²) >= 11 is 0. The zero-order chi connectivity index (χ0) is 25.0. The number of carbonyl (C=O) groups excluding carboxylic acids is 1. The highest BCUT2D eigenvalue weighted by molar-refractivity contribution is 7.57. The van der Waals surface area contributed by atoms with E-state index in [1.165, 1.54) is 24.1 Å². The van der Waals surface area contributed by atoms with Gasteiger partial charge in [0.25, 0.3) is 0 Å². The number of ether oxygens (including phenoxy) is 3. The first-order valence-corrected chi connectivity index (χ1v) is 12.5. The maximum atomic E-state index is 14.8. The molecule has 3 heterocycles. The molecule has 1 aliphatic heterocycles. The molecule has 0 amide bonds. The number of fused-ring (bicyclic) bond motifs is 1. The predicted molar refractivity (Wildman–Crippen MR) is 123 cm³/mol. The molecule has 1 aromatic carbocycles. The van der Waals surface area contributed by atoms with Gasteiger partial charge in [0.2, 0.25) is 0 Å². The average Bonchev–Trinajstić information content (AvgIpc) is 3.42. The van der Waals surface area contributed by atoms with Crippen molar-refractivity contribution in [1.82, 2.24) is 24.6 Å². The van der Waals surface area contributed by atoms with E-state index < -0.39 is 44.2 Å². The number of halogens is 1. The smallest absolute Gasteiger partial charge is 0.342 e. The number of aromatic nitrogens is 4. The van der Waals surface area contributed by atoms with Crippen molar-refractivity contribution in [3.05, 3.63) is 54.9 Å². The lowest BCUT2D eigenvalue weighted by molar-refractivity contribution is -0.144. The van der Waals surface area contributed by atoms with Crippen molar-refractivity contribution in [2.75, 3.05) is 18.7 Å². The zero-order valence-corrected chi connectivity index (χ0v) is 19.8. The molecule has 4 atom stereocenters. The van der Waals surface area contributed by atoms with Gasteiger partial charge < -0.3 is 24.5 Å². The average molecular weight is 506 g/mol. The highest BCUT2D eigenvalue weighted by Crippen LogP contribution is 2.45. The molecule has 0 bridgehead atoms. The van der Waals surface area contributed by atoms with Crippen molar-refractivity contribution in [1.29, 1.82) is 0 Å². The minimum absolute atomic E-state index is 0.143. The molecule has 0 fully saturated rings. The minimum atomic E-state index is -3.83. The highest BCUT2D eigenvalue weighted by atomic mass is 31.2. The molecule has 2 aromatic heterocycles. The van der Waals surface area contributed by atoms with Crippen LogP contribution < -0.4 is 15.3 Å². The Bertz CT molecular complexity index is 1270. The first-order valence-electron chi connectivity index (χ1n) is 10.6. The lowest BCUT2D eigenvalue weighted by atomic mass is 10.3. The summed E-state index contributed by atoms with van der Waals surface area (Å²) in [4.78, 5) is 24.1. The number of nitrogens with one attached hydrogen (secondary N) is 1. The lowest BCUT2D eigenvalue weighted by Crippen LogP contribution is -2.36. The van der Waals surface area contributed by atoms with Crippen molar-refractivity contribution in [2.45, 2.75) is 32.4 Å². The number of anilines is 1. The molecule has 14 heteroatoms. The summed E-state index contributed by atoms with van der Waals surface area (Å²) < 4.78 is 51.5. The Morgan fingerprint density at radius 3 is 2.83 bits per heavy atom. The molecular weight excluding hydrogens is 482 g/mol. The molecule has 0 saturated carbocycles. The third kappa shape index (κ3) is 5.65. The molecule has 1 aliphatic rings. The van der Waals surface area contributed by atoms with Crippen LogP contribution in [0.4, 0.5) is 10.2 Å². The van der Waals surface area contributed by atoms with Crippen LogP contribution in [0.1, 0.15) is 20.1 Å². The first-order chi connectivity index (χ1) is 16.8. The van der Waals surface area contributed by atoms with Crippen LogP contribution in [0.15, 0.2) is 54.9 Å². The van der Waals surface area contributed by atoms with Gasteiger partial charge in [0, 0.05) is 6.08 Å². The second-order valence-electron chi connectivity index (χ2n) is 7.47. The second-order valence-corrected chi connectivity index (χ2v) is 9.51. The normalized spacial score (nSPS) is 20.3. The molecular formula is C21H24FN6O6P. The molecule has 35 heavy (non-hydrogen) atoms. The predicted octanol–water partition coefficient (Wildman–Crippen LogP) is 2.90. The highest BCUT2D eigenvalue weighted by Gasteiger charge is 2.36. The Balaban J connectivity index is 1.47. The van der Waals surface area contributed by atoms with E-state index in [1.54, 1.807) is 37.3 Å². The molecule has 3 aromatic rings. The number of para-hydroxylation sites is 1. The van der Waals surface area contributed by atoms with E-state index in [2.05, 4.69) is 20.0 Å². The van der Waals surface area contributed by atoms with Crippen LogP contribution in [0.2, 0.25) is 0 Å². The van der Waals surface area contributed by atoms with Crippen LogP contribution >= 0.6 is 7.52 Å². The number of hydrogen-bond acceptors (Lipinski definition) is 10. The number of nitrogens with two attached hydrogens (primary N) is 1. The fourth-order valence-corrected chi connectivity index (χ4v) is 4.98. The maximum absolute atomic E-state index is 14.8. The Morgan fingerprint density at radius 1 is 1.31 bits per heavy atom. The maximum Gasteiger partial charge on any atom is 0.342 e. The van der Waals surface area contributed by atoms with Gasteiger partial charge in [-0.1, -0.05) is 18.2 Å². The van der Waals surface area contributed by atoms with E-state index >= 15 is 0 Å². The van der Waals surface area contributed by atoms with Crippen LogP contribution in [0.25, 0.3) is 11.2 Å². The SMILES string of the molecule is CCOC(=O)[C@H](C)NP(=O)(CO[C@@H]1C=C(F)[C@H](n2cnc3c(N)ncnc32)O1)Oc1ccccc1. The third-order valence-corrected chi connectivity index (χ3v) is 6.64. The number of carbonyl (C=O) groups is 1. The summed E-state index contributed by atoms with van der Waals surface area (Å²) in [7, 11) is -3.83. The van der Waals surface area contributed by atoms with Crippen molar-refractivity contribution in [2.24, 2.45) is 0 Å². The molecule has 12 nitrogen and oxygen atoms in total. The lowest BCUT2D eigenvalue weighted by Gasteiger charge is -2.24. The van der Waals surface area contributed by atoms with Gasteiger partial charge in [0.1, 0.15) is 23.6 Å². The number of nitrogen functional groups attached to an aromatic ring is 1. The first kappa shape index (κ1) is 24.7. The quantitative estimate of drug-likeness (QED) is 0.308. The third-order valence-electron chi connectivity index (χ3n) is 4.87. The topological polar surface area (TPSA) is 153 Å². The molecule has 186 valence electrons. The molecule has 4 rings (SSSR count). The second kappa shape index (κ2) is 10.5. The standard InChI is InChI=1S/C21H24FN6O6P/c1-3-31-21(29)13(2)27-35(30,34-14-7-5-4-6-8-14)12-32-16-9-15(22)20(33-16)28-11-26-17-18(23)24-10-25-19(17)28/h4-11,13,16,20H,3,12H2,1-2H3,(H,27,30)(H2,23,24,25)/t13-,16-,20+,35?/m0/s1. The molecule has 0 spiro atoms. The fraction of sp³-hybridized carbons (Fsp3) is 0.333. The number of imidazole rings is 1. The van der Waals surface area contributed by atoms with Crippen molar-refractivity contribution in [3.8, 4) is 5.75 Å². The summed E-state index contributed by atoms with van der Waals surface area (Å²) in [6, 6.07) is 7.40. The number of nitrogens with zero attached hydrogens (tertiary/aromatic N) is 4. The summed E-state index contributed by atoms with van der Waals surface area (Å²) in [5.74, 6) is -0.847. The van der Waals surface area contributed by atoms with Gasteiger partial charge in [-0.3, -0.25) is 13.9 Å². The summed E-state index contributed by atoms with van der Waals surface area (Å²) in [5, 5.41) is 2.65. The van der Waals surface area contributed by atoms with Gasteiger partial charge in [-0.15, -0.1) is 0 Å². The Labute approximate surface area is 199 Å². The van der Waals surface area contributed by atoms with Crippen molar-refractivity contribution >= 4 is 30.5 Å². The zero-order valence-electron chi connectivity index (χ0n) is 18.9. The number of hydrogen-bond donors (Lipinski definition) is 2. The van der Waals surface area contributed by atoms with E-state index in [0.717, 1.165) is 6.08 Å². The van der Waals surface area contributed by atoms with Crippen LogP contribution in [-0.2, 0) is 23.6 Å². The summed E-state index contributed by atoms with van der Waals surface area (Å²) in [5.41, 5.74) is 6.35. The van der Waals surface area contributed by atoms with E-state index in [4.69, 9.17) is 24.5 Å². The van der Waals surface area contributed by atoms with Gasteiger partial charge in [0.15, 0.2) is 36.2 Å². The van der Waals surface area contributed by atoms with Crippen LogP contribution in [0, 0.1) is 0 Å². The van der Waals surface area contributed by atoms with Gasteiger partial charge >= 0.3 is 13.5 Å². The van der Waals surface area contributed by atoms with E-state index in [-0.39, 0.29) is 23.8 Å². The van der Waals surface area contributed by atoms with E-state index in [0.29, 0.717) is 5.52 Å². The molecule has 0 radical (unpaired) electrons. The van der Waals surface area contributed by atoms with Crippen LogP contribution in [0.3, 0.4) is 0 Å². The summed E-state index contributed by atoms with van der Waals surface area (Å²) in [6.07, 6.45) is 0.676. The Hall–Kier alpha value is -3.38. The van der Waals surface area contributed by atoms with Crippen molar-refractivity contribution < 1.29 is 32.5 Å². The van der Waals surface area contributed by atoms with Crippen LogP contribution in [-0.4, -0.2) is 50.8 Å². The Kier molecular flexibility index (Phi) is 7.41. The van der Waals surface area contributed by atoms with Gasteiger partial charge in [-0.05, 0) is 26.0 Å². The van der Waals surface area contributed by atoms with Gasteiger partial charge in [-0.2, -0.15) is 0 Å².